The Morgan fingerprint density at radius 2 is 2.27 bits per heavy atom. The first-order chi connectivity index (χ1) is 10.5. The number of halogens is 1. The summed E-state index contributed by atoms with van der Waals surface area (Å²) in [5.74, 6) is 0.486. The monoisotopic (exact) mass is 323 g/mol. The number of carbonyl (C=O) groups is 1. The van der Waals surface area contributed by atoms with Gasteiger partial charge in [-0.05, 0) is 31.2 Å². The minimum atomic E-state index is -0.747. The Hall–Kier alpha value is -2.05. The van der Waals surface area contributed by atoms with E-state index in [0.717, 1.165) is 0 Å². The molecule has 118 valence electrons. The van der Waals surface area contributed by atoms with Crippen LogP contribution in [0.1, 0.15) is 30.9 Å². The summed E-state index contributed by atoms with van der Waals surface area (Å²) in [5, 5.41) is 15.9. The van der Waals surface area contributed by atoms with Gasteiger partial charge < -0.3 is 20.2 Å². The van der Waals surface area contributed by atoms with Crippen LogP contribution in [0.3, 0.4) is 0 Å². The molecule has 0 aliphatic carbocycles. The molecule has 0 aliphatic rings. The molecule has 2 aromatic rings. The summed E-state index contributed by atoms with van der Waals surface area (Å²) in [6, 6.07) is 6.33. The molecular formula is C15H18ClN3O3. The SMILES string of the molecule is CC(CC(O)c1ccco1)NC(=O)NCc1ccc(Cl)cn1. The second-order valence-corrected chi connectivity index (χ2v) is 5.40. The molecule has 7 heteroatoms. The third-order valence-electron chi connectivity index (χ3n) is 3.04. The third-order valence-corrected chi connectivity index (χ3v) is 3.27. The lowest BCUT2D eigenvalue weighted by Gasteiger charge is -2.17. The van der Waals surface area contributed by atoms with Gasteiger partial charge in [-0.3, -0.25) is 4.98 Å². The van der Waals surface area contributed by atoms with Crippen LogP contribution in [0, 0.1) is 0 Å². The van der Waals surface area contributed by atoms with Crippen molar-refractivity contribution < 1.29 is 14.3 Å². The van der Waals surface area contributed by atoms with Crippen LogP contribution in [0.5, 0.6) is 0 Å². The van der Waals surface area contributed by atoms with E-state index < -0.39 is 6.10 Å². The summed E-state index contributed by atoms with van der Waals surface area (Å²) in [4.78, 5) is 15.9. The van der Waals surface area contributed by atoms with Crippen molar-refractivity contribution in [3.63, 3.8) is 0 Å². The van der Waals surface area contributed by atoms with E-state index in [1.165, 1.54) is 12.5 Å². The number of aliphatic hydroxyl groups excluding tert-OH is 1. The minimum absolute atomic E-state index is 0.210. The zero-order valence-electron chi connectivity index (χ0n) is 12.1. The van der Waals surface area contributed by atoms with Gasteiger partial charge in [0.05, 0.1) is 23.5 Å². The van der Waals surface area contributed by atoms with Crippen LogP contribution in [0.2, 0.25) is 5.02 Å². The molecule has 6 nitrogen and oxygen atoms in total. The summed E-state index contributed by atoms with van der Waals surface area (Å²) in [7, 11) is 0. The first kappa shape index (κ1) is 16.3. The Labute approximate surface area is 133 Å². The van der Waals surface area contributed by atoms with E-state index in [1.807, 2.05) is 6.92 Å². The number of nitrogens with one attached hydrogen (secondary N) is 2. The van der Waals surface area contributed by atoms with Gasteiger partial charge in [0.15, 0.2) is 0 Å². The number of furan rings is 1. The fraction of sp³-hybridized carbons (Fsp3) is 0.333. The highest BCUT2D eigenvalue weighted by Gasteiger charge is 2.16. The second-order valence-electron chi connectivity index (χ2n) is 4.96. The van der Waals surface area contributed by atoms with Crippen molar-refractivity contribution >= 4 is 17.6 Å². The van der Waals surface area contributed by atoms with E-state index in [-0.39, 0.29) is 12.1 Å². The number of hydrogen-bond acceptors (Lipinski definition) is 4. The molecule has 2 heterocycles. The Bertz CT molecular complexity index is 587. The van der Waals surface area contributed by atoms with Crippen molar-refractivity contribution in [3.8, 4) is 0 Å². The van der Waals surface area contributed by atoms with E-state index in [9.17, 15) is 9.90 Å². The summed E-state index contributed by atoms with van der Waals surface area (Å²) in [6.45, 7) is 2.11. The smallest absolute Gasteiger partial charge is 0.315 e. The zero-order valence-corrected chi connectivity index (χ0v) is 12.9. The number of aliphatic hydroxyl groups is 1. The van der Waals surface area contributed by atoms with E-state index in [4.69, 9.17) is 16.0 Å². The van der Waals surface area contributed by atoms with Crippen LogP contribution < -0.4 is 10.6 Å². The van der Waals surface area contributed by atoms with Gasteiger partial charge in [-0.2, -0.15) is 0 Å². The molecule has 2 amide bonds. The van der Waals surface area contributed by atoms with Gasteiger partial charge >= 0.3 is 6.03 Å². The largest absolute Gasteiger partial charge is 0.467 e. The Kier molecular flexibility index (Phi) is 5.80. The lowest BCUT2D eigenvalue weighted by molar-refractivity contribution is 0.129. The molecule has 0 radical (unpaired) electrons. The molecule has 2 unspecified atom stereocenters. The van der Waals surface area contributed by atoms with E-state index >= 15 is 0 Å². The average Bonchev–Trinajstić information content (AvgIpc) is 3.01. The van der Waals surface area contributed by atoms with Crippen LogP contribution in [0.25, 0.3) is 0 Å². The molecular weight excluding hydrogens is 306 g/mol. The molecule has 0 fully saturated rings. The van der Waals surface area contributed by atoms with Crippen molar-refractivity contribution in [2.45, 2.75) is 32.0 Å². The van der Waals surface area contributed by atoms with Crippen LogP contribution in [-0.4, -0.2) is 22.2 Å². The Morgan fingerprint density at radius 3 is 2.91 bits per heavy atom. The van der Waals surface area contributed by atoms with Gasteiger partial charge in [-0.25, -0.2) is 4.79 Å². The van der Waals surface area contributed by atoms with Gasteiger partial charge in [-0.1, -0.05) is 11.6 Å². The summed E-state index contributed by atoms with van der Waals surface area (Å²) in [5.41, 5.74) is 0.711. The average molecular weight is 324 g/mol. The van der Waals surface area contributed by atoms with Crippen molar-refractivity contribution in [2.75, 3.05) is 0 Å². The standard InChI is InChI=1S/C15H18ClN3O3/c1-10(7-13(20)14-3-2-6-22-14)19-15(21)18-9-12-5-4-11(16)8-17-12/h2-6,8,10,13,20H,7,9H2,1H3,(H2,18,19,21). The highest BCUT2D eigenvalue weighted by atomic mass is 35.5. The molecule has 2 aromatic heterocycles. The highest BCUT2D eigenvalue weighted by molar-refractivity contribution is 6.30. The lowest BCUT2D eigenvalue weighted by Crippen LogP contribution is -2.41. The third kappa shape index (κ3) is 5.05. The molecule has 0 bridgehead atoms. The number of aromatic nitrogens is 1. The van der Waals surface area contributed by atoms with E-state index in [2.05, 4.69) is 15.6 Å². The predicted molar refractivity (Wildman–Crippen MR) is 82.4 cm³/mol. The van der Waals surface area contributed by atoms with Gasteiger partial charge in [0.2, 0.25) is 0 Å². The summed E-state index contributed by atoms with van der Waals surface area (Å²) >= 11 is 5.74. The van der Waals surface area contributed by atoms with Gasteiger partial charge in [0.25, 0.3) is 0 Å². The second kappa shape index (κ2) is 7.82. The number of amides is 2. The maximum absolute atomic E-state index is 11.8. The highest BCUT2D eigenvalue weighted by Crippen LogP contribution is 2.18. The number of hydrogen-bond donors (Lipinski definition) is 3. The normalized spacial score (nSPS) is 13.4. The molecule has 2 atom stereocenters. The van der Waals surface area contributed by atoms with Crippen molar-refractivity contribution in [3.05, 3.63) is 53.2 Å². The Morgan fingerprint density at radius 1 is 1.45 bits per heavy atom. The number of rotatable bonds is 6. The van der Waals surface area contributed by atoms with Crippen molar-refractivity contribution in [2.24, 2.45) is 0 Å². The topological polar surface area (TPSA) is 87.4 Å². The molecule has 0 aliphatic heterocycles. The molecule has 0 spiro atoms. The fourth-order valence-electron chi connectivity index (χ4n) is 1.95. The van der Waals surface area contributed by atoms with Crippen LogP contribution in [0.15, 0.2) is 41.1 Å². The molecule has 0 saturated carbocycles. The molecule has 3 N–H and O–H groups in total. The van der Waals surface area contributed by atoms with Gasteiger partial charge in [0, 0.05) is 18.7 Å². The van der Waals surface area contributed by atoms with Gasteiger partial charge in [-0.15, -0.1) is 0 Å². The molecule has 2 rings (SSSR count). The maximum atomic E-state index is 11.8. The van der Waals surface area contributed by atoms with E-state index in [1.54, 1.807) is 24.3 Å². The van der Waals surface area contributed by atoms with Crippen molar-refractivity contribution in [1.29, 1.82) is 0 Å². The zero-order chi connectivity index (χ0) is 15.9. The number of pyridine rings is 1. The predicted octanol–water partition coefficient (Wildman–Crippen LogP) is 2.64. The van der Waals surface area contributed by atoms with Gasteiger partial charge in [0.1, 0.15) is 11.9 Å². The first-order valence-electron chi connectivity index (χ1n) is 6.91. The minimum Gasteiger partial charge on any atom is -0.467 e. The van der Waals surface area contributed by atoms with Crippen LogP contribution in [0.4, 0.5) is 4.79 Å². The Balaban J connectivity index is 1.73. The molecule has 0 saturated heterocycles. The van der Waals surface area contributed by atoms with E-state index in [0.29, 0.717) is 29.4 Å². The fourth-order valence-corrected chi connectivity index (χ4v) is 2.06. The lowest BCUT2D eigenvalue weighted by atomic mass is 10.1. The molecule has 0 aromatic carbocycles. The van der Waals surface area contributed by atoms with Crippen LogP contribution >= 0.6 is 11.6 Å². The quantitative estimate of drug-likeness (QED) is 0.762. The number of carbonyl (C=O) groups excluding carboxylic acids is 1. The number of urea groups is 1. The summed E-state index contributed by atoms with van der Waals surface area (Å²) < 4.78 is 5.12. The molecule has 22 heavy (non-hydrogen) atoms. The van der Waals surface area contributed by atoms with Crippen molar-refractivity contribution in [1.82, 2.24) is 15.6 Å². The summed E-state index contributed by atoms with van der Waals surface area (Å²) in [6.07, 6.45) is 2.64. The maximum Gasteiger partial charge on any atom is 0.315 e. The van der Waals surface area contributed by atoms with Crippen LogP contribution in [-0.2, 0) is 6.54 Å². The first-order valence-corrected chi connectivity index (χ1v) is 7.28. The number of nitrogens with zero attached hydrogens (tertiary/aromatic N) is 1.